The first-order chi connectivity index (χ1) is 12.1. The summed E-state index contributed by atoms with van der Waals surface area (Å²) in [7, 11) is 1.60. The van der Waals surface area contributed by atoms with E-state index in [1.54, 1.807) is 13.2 Å². The molecule has 2 atom stereocenters. The largest absolute Gasteiger partial charge is 0.383 e. The maximum atomic E-state index is 13.7. The van der Waals surface area contributed by atoms with Crippen molar-refractivity contribution in [2.45, 2.75) is 24.8 Å². The standard InChI is InChI=1S/C18H24FN3O2S/c1-24-8-7-20-17(23)16-11-22(18(25)21-14-5-6-14)10-15(16)12-3-2-4-13(19)9-12/h2-4,9,14-16H,5-8,10-11H2,1H3,(H,20,23)(H,21,25). The van der Waals surface area contributed by atoms with Crippen molar-refractivity contribution in [1.29, 1.82) is 0 Å². The fraction of sp³-hybridized carbons (Fsp3) is 0.556. The van der Waals surface area contributed by atoms with E-state index in [1.807, 2.05) is 11.0 Å². The molecule has 25 heavy (non-hydrogen) atoms. The van der Waals surface area contributed by atoms with Crippen molar-refractivity contribution in [2.75, 3.05) is 33.4 Å². The molecule has 2 unspecified atom stereocenters. The van der Waals surface area contributed by atoms with Gasteiger partial charge in [-0.15, -0.1) is 0 Å². The third kappa shape index (κ3) is 4.67. The Morgan fingerprint density at radius 2 is 2.20 bits per heavy atom. The predicted molar refractivity (Wildman–Crippen MR) is 97.8 cm³/mol. The zero-order chi connectivity index (χ0) is 17.8. The molecule has 1 aromatic rings. The van der Waals surface area contributed by atoms with Crippen molar-refractivity contribution in [3.8, 4) is 0 Å². The van der Waals surface area contributed by atoms with E-state index in [2.05, 4.69) is 10.6 Å². The molecule has 1 aliphatic carbocycles. The fourth-order valence-corrected chi connectivity index (χ4v) is 3.53. The Kier molecular flexibility index (Phi) is 5.86. The molecule has 0 bridgehead atoms. The third-order valence-electron chi connectivity index (χ3n) is 4.73. The summed E-state index contributed by atoms with van der Waals surface area (Å²) in [6.45, 7) is 2.09. The number of hydrogen-bond donors (Lipinski definition) is 2. The highest BCUT2D eigenvalue weighted by atomic mass is 32.1. The Labute approximate surface area is 152 Å². The molecule has 1 heterocycles. The van der Waals surface area contributed by atoms with Crippen LogP contribution < -0.4 is 10.6 Å². The molecule has 0 spiro atoms. The number of amides is 1. The molecule has 2 aliphatic rings. The minimum atomic E-state index is -0.284. The van der Waals surface area contributed by atoms with Crippen molar-refractivity contribution in [3.63, 3.8) is 0 Å². The van der Waals surface area contributed by atoms with Gasteiger partial charge in [0.25, 0.3) is 0 Å². The molecule has 0 aromatic heterocycles. The molecule has 5 nitrogen and oxygen atoms in total. The van der Waals surface area contributed by atoms with Gasteiger partial charge in [0, 0.05) is 38.7 Å². The Bertz CT molecular complexity index is 639. The number of rotatable bonds is 6. The lowest BCUT2D eigenvalue weighted by Crippen LogP contribution is -2.41. The van der Waals surface area contributed by atoms with Gasteiger partial charge in [0.2, 0.25) is 5.91 Å². The van der Waals surface area contributed by atoms with Gasteiger partial charge in [-0.25, -0.2) is 4.39 Å². The van der Waals surface area contributed by atoms with E-state index in [-0.39, 0.29) is 23.6 Å². The highest BCUT2D eigenvalue weighted by Gasteiger charge is 2.40. The normalized spacial score (nSPS) is 22.7. The van der Waals surface area contributed by atoms with Gasteiger partial charge >= 0.3 is 0 Å². The van der Waals surface area contributed by atoms with Gasteiger partial charge in [-0.1, -0.05) is 12.1 Å². The van der Waals surface area contributed by atoms with Crippen LogP contribution in [-0.4, -0.2) is 55.3 Å². The van der Waals surface area contributed by atoms with Crippen molar-refractivity contribution in [3.05, 3.63) is 35.6 Å². The van der Waals surface area contributed by atoms with Gasteiger partial charge in [0.1, 0.15) is 5.82 Å². The smallest absolute Gasteiger partial charge is 0.225 e. The topological polar surface area (TPSA) is 53.6 Å². The fourth-order valence-electron chi connectivity index (χ4n) is 3.21. The molecule has 1 aromatic carbocycles. The summed E-state index contributed by atoms with van der Waals surface area (Å²) in [5, 5.41) is 6.92. The van der Waals surface area contributed by atoms with Crippen molar-refractivity contribution in [1.82, 2.24) is 15.5 Å². The quantitative estimate of drug-likeness (QED) is 0.593. The minimum absolute atomic E-state index is 0.0389. The lowest BCUT2D eigenvalue weighted by atomic mass is 9.88. The number of nitrogens with zero attached hydrogens (tertiary/aromatic N) is 1. The number of benzene rings is 1. The molecular weight excluding hydrogens is 341 g/mol. The number of carbonyl (C=O) groups excluding carboxylic acids is 1. The van der Waals surface area contributed by atoms with Crippen LogP contribution in [0.4, 0.5) is 4.39 Å². The van der Waals surface area contributed by atoms with E-state index >= 15 is 0 Å². The van der Waals surface area contributed by atoms with Crippen LogP contribution in [0.25, 0.3) is 0 Å². The van der Waals surface area contributed by atoms with Gasteiger partial charge in [-0.05, 0) is 42.8 Å². The number of methoxy groups -OCH3 is 1. The minimum Gasteiger partial charge on any atom is -0.383 e. The summed E-state index contributed by atoms with van der Waals surface area (Å²) in [6, 6.07) is 6.97. The van der Waals surface area contributed by atoms with E-state index in [4.69, 9.17) is 17.0 Å². The average molecular weight is 365 g/mol. The summed E-state index contributed by atoms with van der Waals surface area (Å²) in [4.78, 5) is 14.7. The zero-order valence-electron chi connectivity index (χ0n) is 14.3. The Hall–Kier alpha value is -1.73. The summed E-state index contributed by atoms with van der Waals surface area (Å²) < 4.78 is 18.7. The van der Waals surface area contributed by atoms with Crippen LogP contribution in [0.3, 0.4) is 0 Å². The first kappa shape index (κ1) is 18.1. The van der Waals surface area contributed by atoms with Crippen LogP contribution in [0.1, 0.15) is 24.3 Å². The van der Waals surface area contributed by atoms with Crippen molar-refractivity contribution >= 4 is 23.2 Å². The molecular formula is C18H24FN3O2S. The Balaban J connectivity index is 1.73. The lowest BCUT2D eigenvalue weighted by molar-refractivity contribution is -0.125. The van der Waals surface area contributed by atoms with Crippen LogP contribution in [0.5, 0.6) is 0 Å². The van der Waals surface area contributed by atoms with Gasteiger partial charge in [0.05, 0.1) is 12.5 Å². The molecule has 1 amide bonds. The van der Waals surface area contributed by atoms with Gasteiger partial charge < -0.3 is 20.3 Å². The van der Waals surface area contributed by atoms with Gasteiger partial charge in [-0.3, -0.25) is 4.79 Å². The van der Waals surface area contributed by atoms with E-state index < -0.39 is 0 Å². The summed E-state index contributed by atoms with van der Waals surface area (Å²) >= 11 is 5.49. The van der Waals surface area contributed by atoms with E-state index in [0.29, 0.717) is 37.4 Å². The van der Waals surface area contributed by atoms with Gasteiger partial charge in [0.15, 0.2) is 5.11 Å². The lowest BCUT2D eigenvalue weighted by Gasteiger charge is -2.20. The molecule has 1 saturated carbocycles. The van der Waals surface area contributed by atoms with Crippen LogP contribution in [0.15, 0.2) is 24.3 Å². The van der Waals surface area contributed by atoms with Crippen molar-refractivity contribution < 1.29 is 13.9 Å². The Morgan fingerprint density at radius 1 is 1.40 bits per heavy atom. The van der Waals surface area contributed by atoms with Gasteiger partial charge in [-0.2, -0.15) is 0 Å². The number of likely N-dealkylation sites (tertiary alicyclic amines) is 1. The zero-order valence-corrected chi connectivity index (χ0v) is 15.2. The number of ether oxygens (including phenoxy) is 1. The molecule has 7 heteroatoms. The van der Waals surface area contributed by atoms with Crippen LogP contribution in [-0.2, 0) is 9.53 Å². The second kappa shape index (κ2) is 8.10. The second-order valence-corrected chi connectivity index (χ2v) is 7.07. The number of halogens is 1. The third-order valence-corrected chi connectivity index (χ3v) is 5.11. The first-order valence-corrected chi connectivity index (χ1v) is 9.07. The SMILES string of the molecule is COCCNC(=O)C1CN(C(=S)NC2CC2)CC1c1cccc(F)c1. The summed E-state index contributed by atoms with van der Waals surface area (Å²) in [6.07, 6.45) is 2.28. The predicted octanol–water partition coefficient (Wildman–Crippen LogP) is 1.64. The number of hydrogen-bond acceptors (Lipinski definition) is 3. The first-order valence-electron chi connectivity index (χ1n) is 8.66. The summed E-state index contributed by atoms with van der Waals surface area (Å²) in [5.74, 6) is -0.675. The van der Waals surface area contributed by atoms with Crippen LogP contribution in [0, 0.1) is 11.7 Å². The maximum Gasteiger partial charge on any atom is 0.225 e. The molecule has 2 fully saturated rings. The average Bonchev–Trinajstić information content (AvgIpc) is 3.28. The molecule has 1 saturated heterocycles. The highest BCUT2D eigenvalue weighted by molar-refractivity contribution is 7.80. The monoisotopic (exact) mass is 365 g/mol. The Morgan fingerprint density at radius 3 is 2.88 bits per heavy atom. The molecule has 3 rings (SSSR count). The number of nitrogens with one attached hydrogen (secondary N) is 2. The number of thiocarbonyl (C=S) groups is 1. The van der Waals surface area contributed by atoms with Crippen LogP contribution >= 0.6 is 12.2 Å². The molecule has 136 valence electrons. The maximum absolute atomic E-state index is 13.7. The van der Waals surface area contributed by atoms with Crippen LogP contribution in [0.2, 0.25) is 0 Å². The van der Waals surface area contributed by atoms with Crippen molar-refractivity contribution in [2.24, 2.45) is 5.92 Å². The number of carbonyl (C=O) groups is 1. The molecule has 0 radical (unpaired) electrons. The van der Waals surface area contributed by atoms with E-state index in [1.165, 1.54) is 12.1 Å². The highest BCUT2D eigenvalue weighted by Crippen LogP contribution is 2.33. The van der Waals surface area contributed by atoms with E-state index in [9.17, 15) is 9.18 Å². The van der Waals surface area contributed by atoms with E-state index in [0.717, 1.165) is 18.4 Å². The molecule has 2 N–H and O–H groups in total. The second-order valence-electron chi connectivity index (χ2n) is 6.68. The molecule has 1 aliphatic heterocycles. The summed E-state index contributed by atoms with van der Waals surface area (Å²) in [5.41, 5.74) is 0.837.